The lowest BCUT2D eigenvalue weighted by atomic mass is 9.78. The van der Waals surface area contributed by atoms with Crippen molar-refractivity contribution in [1.82, 2.24) is 5.32 Å². The van der Waals surface area contributed by atoms with Crippen LogP contribution in [0.5, 0.6) is 5.75 Å². The van der Waals surface area contributed by atoms with Crippen LogP contribution in [-0.2, 0) is 19.1 Å². The van der Waals surface area contributed by atoms with Crippen molar-refractivity contribution in [3.8, 4) is 11.8 Å². The molecule has 0 bridgehead atoms. The molecular weight excluding hydrogens is 478 g/mol. The van der Waals surface area contributed by atoms with E-state index in [1.54, 1.807) is 49.4 Å². The molecule has 0 spiro atoms. The van der Waals surface area contributed by atoms with Crippen LogP contribution in [-0.4, -0.2) is 37.8 Å². The quantitative estimate of drug-likeness (QED) is 0.440. The number of allylic oxidation sites excluding steroid dienone is 1. The number of nitrogens with one attached hydrogen (secondary N) is 2. The second-order valence-electron chi connectivity index (χ2n) is 7.34. The van der Waals surface area contributed by atoms with Crippen LogP contribution < -0.4 is 15.4 Å². The molecule has 2 unspecified atom stereocenters. The van der Waals surface area contributed by atoms with Crippen LogP contribution >= 0.6 is 23.4 Å². The third kappa shape index (κ3) is 5.35. The van der Waals surface area contributed by atoms with Gasteiger partial charge in [-0.2, -0.15) is 5.26 Å². The Morgan fingerprint density at radius 2 is 1.91 bits per heavy atom. The van der Waals surface area contributed by atoms with E-state index in [2.05, 4.69) is 16.7 Å². The van der Waals surface area contributed by atoms with E-state index in [4.69, 9.17) is 21.1 Å². The molecule has 1 aliphatic rings. The number of carbonyl (C=O) groups excluding carboxylic acids is 3. The second-order valence-corrected chi connectivity index (χ2v) is 8.74. The van der Waals surface area contributed by atoms with E-state index < -0.39 is 23.7 Å². The minimum Gasteiger partial charge on any atom is -0.497 e. The minimum absolute atomic E-state index is 0.0784. The van der Waals surface area contributed by atoms with E-state index in [1.807, 2.05) is 0 Å². The standard InChI is InChI=1S/C24H22ClN3O5S/c1-13-17(25)5-4-6-18(13)27-19(29)12-34-23-16(11-26)20(14-7-9-15(32-2)10-8-14)21(22(30)28-23)24(31)33-3/h4-10,20-21H,12H2,1-3H3,(H,27,29)(H,28,30). The van der Waals surface area contributed by atoms with E-state index in [-0.39, 0.29) is 22.3 Å². The lowest BCUT2D eigenvalue weighted by molar-refractivity contribution is -0.150. The molecule has 0 aliphatic carbocycles. The average Bonchev–Trinajstić information content (AvgIpc) is 2.84. The molecule has 176 valence electrons. The van der Waals surface area contributed by atoms with Gasteiger partial charge in [0.1, 0.15) is 11.7 Å². The molecule has 1 aliphatic heterocycles. The minimum atomic E-state index is -1.25. The molecule has 2 aromatic rings. The van der Waals surface area contributed by atoms with Gasteiger partial charge in [-0.15, -0.1) is 0 Å². The first-order chi connectivity index (χ1) is 16.3. The zero-order valence-electron chi connectivity index (χ0n) is 18.7. The van der Waals surface area contributed by atoms with Crippen molar-refractivity contribution in [2.24, 2.45) is 5.92 Å². The molecule has 2 aromatic carbocycles. The lowest BCUT2D eigenvalue weighted by Gasteiger charge is -2.31. The summed E-state index contributed by atoms with van der Waals surface area (Å²) in [6.07, 6.45) is 0. The average molecular weight is 500 g/mol. The molecule has 0 fully saturated rings. The van der Waals surface area contributed by atoms with Crippen LogP contribution in [0.4, 0.5) is 5.69 Å². The van der Waals surface area contributed by atoms with Crippen LogP contribution in [0.25, 0.3) is 0 Å². The highest BCUT2D eigenvalue weighted by Crippen LogP contribution is 2.40. The Kier molecular flexibility index (Phi) is 8.21. The molecule has 2 atom stereocenters. The fourth-order valence-corrected chi connectivity index (χ4v) is 4.58. The highest BCUT2D eigenvalue weighted by molar-refractivity contribution is 8.03. The van der Waals surface area contributed by atoms with Gasteiger partial charge in [-0.3, -0.25) is 14.4 Å². The van der Waals surface area contributed by atoms with Crippen LogP contribution in [0, 0.1) is 24.2 Å². The van der Waals surface area contributed by atoms with Crippen molar-refractivity contribution in [3.63, 3.8) is 0 Å². The van der Waals surface area contributed by atoms with Gasteiger partial charge in [0.2, 0.25) is 11.8 Å². The third-order valence-electron chi connectivity index (χ3n) is 5.35. The molecule has 2 amide bonds. The highest BCUT2D eigenvalue weighted by Gasteiger charge is 2.44. The normalized spacial score (nSPS) is 17.4. The fraction of sp³-hybridized carbons (Fsp3) is 0.250. The Labute approximate surface area is 206 Å². The smallest absolute Gasteiger partial charge is 0.319 e. The van der Waals surface area contributed by atoms with Crippen molar-refractivity contribution in [2.45, 2.75) is 12.8 Å². The van der Waals surface area contributed by atoms with Crippen LogP contribution in [0.3, 0.4) is 0 Å². The Bertz CT molecular complexity index is 1190. The van der Waals surface area contributed by atoms with E-state index >= 15 is 0 Å². The van der Waals surface area contributed by atoms with E-state index in [0.717, 1.165) is 17.3 Å². The Morgan fingerprint density at radius 1 is 1.21 bits per heavy atom. The summed E-state index contributed by atoms with van der Waals surface area (Å²) in [5.74, 6) is -3.33. The zero-order valence-corrected chi connectivity index (χ0v) is 20.3. The molecule has 2 N–H and O–H groups in total. The summed E-state index contributed by atoms with van der Waals surface area (Å²) in [4.78, 5) is 37.9. The van der Waals surface area contributed by atoms with Gasteiger partial charge in [0, 0.05) is 16.6 Å². The first-order valence-electron chi connectivity index (χ1n) is 10.1. The summed E-state index contributed by atoms with van der Waals surface area (Å²) < 4.78 is 10.0. The first-order valence-corrected chi connectivity index (χ1v) is 11.5. The molecule has 0 saturated carbocycles. The monoisotopic (exact) mass is 499 g/mol. The van der Waals surface area contributed by atoms with Crippen molar-refractivity contribution in [3.05, 3.63) is 69.2 Å². The largest absolute Gasteiger partial charge is 0.497 e. The number of ether oxygens (including phenoxy) is 2. The highest BCUT2D eigenvalue weighted by atomic mass is 35.5. The number of hydrogen-bond donors (Lipinski definition) is 2. The lowest BCUT2D eigenvalue weighted by Crippen LogP contribution is -2.44. The molecular formula is C24H22ClN3O5S. The van der Waals surface area contributed by atoms with Crippen LogP contribution in [0.2, 0.25) is 5.02 Å². The number of benzene rings is 2. The SMILES string of the molecule is COC(=O)C1C(=O)NC(SCC(=O)Nc2cccc(Cl)c2C)=C(C#N)C1c1ccc(OC)cc1. The number of anilines is 1. The number of thioether (sulfide) groups is 1. The molecule has 0 radical (unpaired) electrons. The Balaban J connectivity index is 1.90. The number of carbonyl (C=O) groups is 3. The second kappa shape index (κ2) is 11.1. The summed E-state index contributed by atoms with van der Waals surface area (Å²) in [6.45, 7) is 1.79. The van der Waals surface area contributed by atoms with Gasteiger partial charge in [-0.1, -0.05) is 41.6 Å². The molecule has 10 heteroatoms. The van der Waals surface area contributed by atoms with Crippen molar-refractivity contribution >= 4 is 46.8 Å². The molecule has 3 rings (SSSR count). The number of rotatable bonds is 7. The van der Waals surface area contributed by atoms with Gasteiger partial charge in [-0.25, -0.2) is 0 Å². The number of nitriles is 1. The molecule has 0 saturated heterocycles. The number of methoxy groups -OCH3 is 2. The topological polar surface area (TPSA) is 118 Å². The van der Waals surface area contributed by atoms with Gasteiger partial charge < -0.3 is 20.1 Å². The van der Waals surface area contributed by atoms with Gasteiger partial charge in [0.15, 0.2) is 0 Å². The van der Waals surface area contributed by atoms with Crippen LogP contribution in [0.15, 0.2) is 53.1 Å². The molecule has 1 heterocycles. The maximum Gasteiger partial charge on any atom is 0.319 e. The third-order valence-corrected chi connectivity index (χ3v) is 6.77. The predicted molar refractivity (Wildman–Crippen MR) is 129 cm³/mol. The summed E-state index contributed by atoms with van der Waals surface area (Å²) >= 11 is 7.10. The number of halogens is 1. The maximum atomic E-state index is 12.9. The van der Waals surface area contributed by atoms with Crippen molar-refractivity contribution in [2.75, 3.05) is 25.3 Å². The van der Waals surface area contributed by atoms with Gasteiger partial charge in [0.05, 0.1) is 36.6 Å². The predicted octanol–water partition coefficient (Wildman–Crippen LogP) is 3.77. The Hall–Kier alpha value is -3.48. The summed E-state index contributed by atoms with van der Waals surface area (Å²) in [6, 6.07) is 14.0. The summed E-state index contributed by atoms with van der Waals surface area (Å²) in [5, 5.41) is 16.1. The molecule has 34 heavy (non-hydrogen) atoms. The van der Waals surface area contributed by atoms with E-state index in [0.29, 0.717) is 22.0 Å². The molecule has 8 nitrogen and oxygen atoms in total. The van der Waals surface area contributed by atoms with Crippen molar-refractivity contribution in [1.29, 1.82) is 5.26 Å². The zero-order chi connectivity index (χ0) is 24.8. The summed E-state index contributed by atoms with van der Waals surface area (Å²) in [5.41, 5.74) is 2.03. The number of nitrogens with zero attached hydrogens (tertiary/aromatic N) is 1. The number of esters is 1. The van der Waals surface area contributed by atoms with Gasteiger partial charge >= 0.3 is 5.97 Å². The number of amides is 2. The van der Waals surface area contributed by atoms with Gasteiger partial charge in [-0.05, 0) is 42.3 Å². The first kappa shape index (κ1) is 25.1. The van der Waals surface area contributed by atoms with E-state index in [1.165, 1.54) is 14.2 Å². The Morgan fingerprint density at radius 3 is 2.53 bits per heavy atom. The van der Waals surface area contributed by atoms with Crippen LogP contribution in [0.1, 0.15) is 17.0 Å². The molecule has 0 aromatic heterocycles. The summed E-state index contributed by atoms with van der Waals surface area (Å²) in [7, 11) is 2.70. The van der Waals surface area contributed by atoms with Crippen molar-refractivity contribution < 1.29 is 23.9 Å². The van der Waals surface area contributed by atoms with Gasteiger partial charge in [0.25, 0.3) is 0 Å². The number of hydrogen-bond acceptors (Lipinski definition) is 7. The fourth-order valence-electron chi connectivity index (χ4n) is 3.56. The van der Waals surface area contributed by atoms with E-state index in [9.17, 15) is 19.6 Å². The maximum absolute atomic E-state index is 12.9.